The standard InChI is InChI=1S/C15H27N3.HI/c1-2-16-14(18-13-5-3-4-6-13)17-11-15(9-10-15)12-7-8-12;/h12-13H,2-11H2,1H3,(H2,16,17,18);1H. The van der Waals surface area contributed by atoms with Crippen LogP contribution in [0.5, 0.6) is 0 Å². The van der Waals surface area contributed by atoms with E-state index in [9.17, 15) is 0 Å². The van der Waals surface area contributed by atoms with Gasteiger partial charge in [0.15, 0.2) is 5.96 Å². The van der Waals surface area contributed by atoms with Gasteiger partial charge in [0.1, 0.15) is 0 Å². The molecule has 0 heterocycles. The molecule has 0 aliphatic heterocycles. The van der Waals surface area contributed by atoms with Gasteiger partial charge in [-0.15, -0.1) is 24.0 Å². The van der Waals surface area contributed by atoms with E-state index in [1.165, 1.54) is 51.4 Å². The van der Waals surface area contributed by atoms with Crippen molar-refractivity contribution in [3.63, 3.8) is 0 Å². The lowest BCUT2D eigenvalue weighted by Gasteiger charge is -2.18. The number of rotatable bonds is 5. The monoisotopic (exact) mass is 377 g/mol. The van der Waals surface area contributed by atoms with Crippen LogP contribution in [0, 0.1) is 11.3 Å². The summed E-state index contributed by atoms with van der Waals surface area (Å²) in [6.07, 6.45) is 11.2. The molecule has 3 nitrogen and oxygen atoms in total. The Morgan fingerprint density at radius 2 is 1.84 bits per heavy atom. The molecule has 0 bridgehead atoms. The summed E-state index contributed by atoms with van der Waals surface area (Å²) >= 11 is 0. The fraction of sp³-hybridized carbons (Fsp3) is 0.933. The summed E-state index contributed by atoms with van der Waals surface area (Å²) in [5.41, 5.74) is 0.623. The Kier molecular flexibility index (Phi) is 5.37. The summed E-state index contributed by atoms with van der Waals surface area (Å²) in [6, 6.07) is 0.666. The second-order valence-electron chi connectivity index (χ2n) is 6.46. The van der Waals surface area contributed by atoms with Crippen molar-refractivity contribution < 1.29 is 0 Å². The molecule has 110 valence electrons. The second-order valence-corrected chi connectivity index (χ2v) is 6.46. The lowest BCUT2D eigenvalue weighted by atomic mass is 10.0. The van der Waals surface area contributed by atoms with Crippen molar-refractivity contribution in [3.05, 3.63) is 0 Å². The first-order chi connectivity index (χ1) is 8.82. The molecule has 3 saturated carbocycles. The van der Waals surface area contributed by atoms with Crippen molar-refractivity contribution in [2.75, 3.05) is 13.1 Å². The van der Waals surface area contributed by atoms with Crippen molar-refractivity contribution in [1.82, 2.24) is 10.6 Å². The summed E-state index contributed by atoms with van der Waals surface area (Å²) < 4.78 is 0. The molecule has 3 aliphatic rings. The van der Waals surface area contributed by atoms with E-state index in [1.54, 1.807) is 0 Å². The highest BCUT2D eigenvalue weighted by Crippen LogP contribution is 2.61. The van der Waals surface area contributed by atoms with Crippen LogP contribution in [-0.4, -0.2) is 25.1 Å². The lowest BCUT2D eigenvalue weighted by Crippen LogP contribution is -2.42. The van der Waals surface area contributed by atoms with E-state index < -0.39 is 0 Å². The Balaban J connectivity index is 0.00000133. The first-order valence-electron chi connectivity index (χ1n) is 7.87. The van der Waals surface area contributed by atoms with E-state index in [1.807, 2.05) is 0 Å². The smallest absolute Gasteiger partial charge is 0.191 e. The van der Waals surface area contributed by atoms with Gasteiger partial charge in [-0.2, -0.15) is 0 Å². The van der Waals surface area contributed by atoms with E-state index in [4.69, 9.17) is 4.99 Å². The van der Waals surface area contributed by atoms with Gasteiger partial charge in [-0.1, -0.05) is 12.8 Å². The molecule has 0 atom stereocenters. The summed E-state index contributed by atoms with van der Waals surface area (Å²) in [4.78, 5) is 4.87. The van der Waals surface area contributed by atoms with Crippen LogP contribution in [0.25, 0.3) is 0 Å². The van der Waals surface area contributed by atoms with Crippen LogP contribution in [-0.2, 0) is 0 Å². The molecule has 0 spiro atoms. The molecule has 0 saturated heterocycles. The molecule has 2 N–H and O–H groups in total. The van der Waals surface area contributed by atoms with Gasteiger partial charge in [0, 0.05) is 19.1 Å². The molecule has 0 amide bonds. The number of hydrogen-bond acceptors (Lipinski definition) is 1. The van der Waals surface area contributed by atoms with Gasteiger partial charge < -0.3 is 10.6 Å². The largest absolute Gasteiger partial charge is 0.357 e. The van der Waals surface area contributed by atoms with Gasteiger partial charge >= 0.3 is 0 Å². The van der Waals surface area contributed by atoms with Crippen LogP contribution in [0.4, 0.5) is 0 Å². The zero-order valence-corrected chi connectivity index (χ0v) is 14.4. The van der Waals surface area contributed by atoms with Gasteiger partial charge in [-0.25, -0.2) is 0 Å². The Labute approximate surface area is 134 Å². The van der Waals surface area contributed by atoms with E-state index in [2.05, 4.69) is 17.6 Å². The van der Waals surface area contributed by atoms with Crippen molar-refractivity contribution >= 4 is 29.9 Å². The molecular weight excluding hydrogens is 349 g/mol. The van der Waals surface area contributed by atoms with Crippen LogP contribution >= 0.6 is 24.0 Å². The van der Waals surface area contributed by atoms with Crippen LogP contribution in [0.2, 0.25) is 0 Å². The van der Waals surface area contributed by atoms with Crippen molar-refractivity contribution in [2.45, 2.75) is 64.3 Å². The Bertz CT molecular complexity index is 315. The lowest BCUT2D eigenvalue weighted by molar-refractivity contribution is 0.451. The maximum atomic E-state index is 4.87. The zero-order valence-electron chi connectivity index (χ0n) is 12.1. The zero-order chi connectivity index (χ0) is 12.4. The van der Waals surface area contributed by atoms with Crippen LogP contribution < -0.4 is 10.6 Å². The van der Waals surface area contributed by atoms with E-state index >= 15 is 0 Å². The third-order valence-electron chi connectivity index (χ3n) is 4.93. The maximum absolute atomic E-state index is 4.87. The molecule has 3 fully saturated rings. The minimum atomic E-state index is 0. The van der Waals surface area contributed by atoms with E-state index in [-0.39, 0.29) is 24.0 Å². The maximum Gasteiger partial charge on any atom is 0.191 e. The van der Waals surface area contributed by atoms with Gasteiger partial charge in [-0.3, -0.25) is 4.99 Å². The summed E-state index contributed by atoms with van der Waals surface area (Å²) in [5.74, 6) is 2.08. The molecular formula is C15H28IN3. The van der Waals surface area contributed by atoms with Crippen LogP contribution in [0.1, 0.15) is 58.3 Å². The van der Waals surface area contributed by atoms with Gasteiger partial charge in [0.25, 0.3) is 0 Å². The van der Waals surface area contributed by atoms with Gasteiger partial charge in [0.05, 0.1) is 0 Å². The number of halogens is 1. The Morgan fingerprint density at radius 1 is 1.16 bits per heavy atom. The third-order valence-corrected chi connectivity index (χ3v) is 4.93. The summed E-state index contributed by atoms with van der Waals surface area (Å²) in [5, 5.41) is 7.02. The number of nitrogens with one attached hydrogen (secondary N) is 2. The molecule has 0 unspecified atom stereocenters. The molecule has 0 radical (unpaired) electrons. The molecule has 0 aromatic rings. The average molecular weight is 377 g/mol. The first kappa shape index (κ1) is 15.4. The molecule has 19 heavy (non-hydrogen) atoms. The predicted octanol–water partition coefficient (Wildman–Crippen LogP) is 3.29. The summed E-state index contributed by atoms with van der Waals surface area (Å²) in [7, 11) is 0. The van der Waals surface area contributed by atoms with E-state index in [0.29, 0.717) is 11.5 Å². The SMILES string of the molecule is CCNC(=NCC1(C2CC2)CC1)NC1CCCC1.I. The van der Waals surface area contributed by atoms with Gasteiger partial charge in [-0.05, 0) is 56.8 Å². The predicted molar refractivity (Wildman–Crippen MR) is 91.2 cm³/mol. The quantitative estimate of drug-likeness (QED) is 0.438. The molecule has 0 aromatic heterocycles. The van der Waals surface area contributed by atoms with Crippen molar-refractivity contribution in [1.29, 1.82) is 0 Å². The molecule has 3 aliphatic carbocycles. The van der Waals surface area contributed by atoms with Crippen LogP contribution in [0.3, 0.4) is 0 Å². The highest BCUT2D eigenvalue weighted by Gasteiger charge is 2.53. The fourth-order valence-corrected chi connectivity index (χ4v) is 3.37. The van der Waals surface area contributed by atoms with Gasteiger partial charge in [0.2, 0.25) is 0 Å². The number of guanidine groups is 1. The highest BCUT2D eigenvalue weighted by molar-refractivity contribution is 14.0. The minimum Gasteiger partial charge on any atom is -0.357 e. The topological polar surface area (TPSA) is 36.4 Å². The van der Waals surface area contributed by atoms with E-state index in [0.717, 1.165) is 25.0 Å². The highest BCUT2D eigenvalue weighted by atomic mass is 127. The first-order valence-corrected chi connectivity index (χ1v) is 7.87. The number of hydrogen-bond donors (Lipinski definition) is 2. The summed E-state index contributed by atoms with van der Waals surface area (Å²) in [6.45, 7) is 4.17. The Hall–Kier alpha value is 0. The second kappa shape index (κ2) is 6.64. The molecule has 4 heteroatoms. The average Bonchev–Trinajstić information content (AvgIpc) is 3.27. The van der Waals surface area contributed by atoms with Crippen molar-refractivity contribution in [3.8, 4) is 0 Å². The third kappa shape index (κ3) is 3.99. The minimum absolute atomic E-state index is 0. The normalized spacial score (nSPS) is 25.8. The number of aliphatic imine (C=N–C) groups is 1. The number of nitrogens with zero attached hydrogens (tertiary/aromatic N) is 1. The molecule has 3 rings (SSSR count). The Morgan fingerprint density at radius 3 is 2.37 bits per heavy atom. The van der Waals surface area contributed by atoms with Crippen molar-refractivity contribution in [2.24, 2.45) is 16.3 Å². The fourth-order valence-electron chi connectivity index (χ4n) is 3.37. The molecule has 0 aromatic carbocycles. The van der Waals surface area contributed by atoms with Crippen LogP contribution in [0.15, 0.2) is 4.99 Å².